The van der Waals surface area contributed by atoms with Crippen LogP contribution < -0.4 is 19.7 Å². The van der Waals surface area contributed by atoms with Gasteiger partial charge in [-0.3, -0.25) is 19.3 Å². The summed E-state index contributed by atoms with van der Waals surface area (Å²) in [6.45, 7) is 7.39. The van der Waals surface area contributed by atoms with E-state index in [1.807, 2.05) is 32.0 Å². The van der Waals surface area contributed by atoms with Gasteiger partial charge in [0.1, 0.15) is 6.54 Å². The molecule has 0 aromatic heterocycles. The first-order valence-corrected chi connectivity index (χ1v) is 13.9. The molecule has 2 aliphatic rings. The maximum absolute atomic E-state index is 13.0. The van der Waals surface area contributed by atoms with E-state index in [-0.39, 0.29) is 11.4 Å². The van der Waals surface area contributed by atoms with Crippen LogP contribution in [0.4, 0.5) is 16.2 Å². The number of ether oxygens (including phenoxy) is 3. The summed E-state index contributed by atoms with van der Waals surface area (Å²) in [5, 5.41) is 2.28. The molecule has 0 bridgehead atoms. The summed E-state index contributed by atoms with van der Waals surface area (Å²) in [7, 11) is 0. The summed E-state index contributed by atoms with van der Waals surface area (Å²) < 4.78 is 17.6. The number of nitrogens with zero attached hydrogens (tertiary/aromatic N) is 2. The molecule has 0 aliphatic carbocycles. The van der Waals surface area contributed by atoms with E-state index < -0.39 is 17.1 Å². The van der Waals surface area contributed by atoms with Gasteiger partial charge >= 0.3 is 0 Å². The number of benzene rings is 2. The Kier molecular flexibility index (Phi) is 9.33. The Bertz CT molecular complexity index is 1200. The molecular weight excluding hydrogens is 609 g/mol. The van der Waals surface area contributed by atoms with E-state index in [2.05, 4.69) is 32.8 Å². The first kappa shape index (κ1) is 27.3. The first-order chi connectivity index (χ1) is 17.9. The molecule has 9 nitrogen and oxygen atoms in total. The SMILES string of the molecule is CCOc1cc(/C=C2/SC(=O)N(CC(=O)Nc3ccc(N4CCOCC4)cc3)C2=O)cc(I)c1OCC. The van der Waals surface area contributed by atoms with Gasteiger partial charge in [0.25, 0.3) is 11.1 Å². The fourth-order valence-corrected chi connectivity index (χ4v) is 5.55. The Labute approximate surface area is 233 Å². The van der Waals surface area contributed by atoms with Crippen LogP contribution in [0.25, 0.3) is 6.08 Å². The summed E-state index contributed by atoms with van der Waals surface area (Å²) in [4.78, 5) is 41.5. The molecule has 0 spiro atoms. The number of imide groups is 1. The maximum Gasteiger partial charge on any atom is 0.294 e. The fraction of sp³-hybridized carbons (Fsp3) is 0.346. The Morgan fingerprint density at radius 2 is 1.81 bits per heavy atom. The lowest BCUT2D eigenvalue weighted by molar-refractivity contribution is -0.127. The van der Waals surface area contributed by atoms with Crippen LogP contribution in [0.5, 0.6) is 11.5 Å². The van der Waals surface area contributed by atoms with Crippen LogP contribution in [0.15, 0.2) is 41.3 Å². The number of morpholine rings is 1. The normalized spacial score (nSPS) is 16.9. The molecule has 0 unspecified atom stereocenters. The van der Waals surface area contributed by atoms with E-state index in [1.54, 1.807) is 24.3 Å². The molecule has 3 amide bonds. The van der Waals surface area contributed by atoms with E-state index in [9.17, 15) is 14.4 Å². The highest BCUT2D eigenvalue weighted by molar-refractivity contribution is 14.1. The van der Waals surface area contributed by atoms with Crippen molar-refractivity contribution in [3.8, 4) is 11.5 Å². The zero-order chi connectivity index (χ0) is 26.4. The molecule has 2 saturated heterocycles. The van der Waals surface area contributed by atoms with Crippen molar-refractivity contribution in [3.05, 3.63) is 50.4 Å². The second-order valence-corrected chi connectivity index (χ2v) is 10.3. The van der Waals surface area contributed by atoms with Crippen LogP contribution in [-0.4, -0.2) is 68.0 Å². The molecule has 196 valence electrons. The highest BCUT2D eigenvalue weighted by Gasteiger charge is 2.36. The van der Waals surface area contributed by atoms with Gasteiger partial charge in [-0.15, -0.1) is 0 Å². The van der Waals surface area contributed by atoms with Gasteiger partial charge in [-0.05, 0) is 96.2 Å². The van der Waals surface area contributed by atoms with Gasteiger partial charge in [-0.25, -0.2) is 0 Å². The van der Waals surface area contributed by atoms with Crippen molar-refractivity contribution in [1.29, 1.82) is 0 Å². The third kappa shape index (κ3) is 6.76. The van der Waals surface area contributed by atoms with Crippen molar-refractivity contribution in [2.45, 2.75) is 13.8 Å². The first-order valence-electron chi connectivity index (χ1n) is 12.0. The van der Waals surface area contributed by atoms with E-state index in [0.717, 1.165) is 39.0 Å². The number of thioether (sulfide) groups is 1. The molecule has 2 heterocycles. The Balaban J connectivity index is 1.41. The lowest BCUT2D eigenvalue weighted by atomic mass is 10.2. The van der Waals surface area contributed by atoms with Gasteiger partial charge < -0.3 is 24.4 Å². The molecule has 2 aromatic rings. The number of nitrogens with one attached hydrogen (secondary N) is 1. The van der Waals surface area contributed by atoms with Crippen molar-refractivity contribution in [2.75, 3.05) is 56.3 Å². The van der Waals surface area contributed by atoms with Gasteiger partial charge in [-0.2, -0.15) is 0 Å². The summed E-state index contributed by atoms with van der Waals surface area (Å²) in [6.07, 6.45) is 1.63. The van der Waals surface area contributed by atoms with E-state index in [4.69, 9.17) is 14.2 Å². The molecular formula is C26H28IN3O6S. The minimum absolute atomic E-state index is 0.245. The Hall–Kier alpha value is -2.77. The standard InChI is InChI=1S/C26H28IN3O6S/c1-3-35-21-14-17(13-20(27)24(21)36-4-2)15-22-25(32)30(26(33)37-22)16-23(31)28-18-5-7-19(8-6-18)29-9-11-34-12-10-29/h5-8,13-15H,3-4,9-12,16H2,1-2H3,(H,28,31)/b22-15+. The monoisotopic (exact) mass is 637 g/mol. The fourth-order valence-electron chi connectivity index (χ4n) is 3.93. The minimum atomic E-state index is -0.505. The van der Waals surface area contributed by atoms with Crippen molar-refractivity contribution >= 4 is 68.9 Å². The maximum atomic E-state index is 13.0. The minimum Gasteiger partial charge on any atom is -0.490 e. The van der Waals surface area contributed by atoms with E-state index >= 15 is 0 Å². The predicted octanol–water partition coefficient (Wildman–Crippen LogP) is 4.60. The highest BCUT2D eigenvalue weighted by atomic mass is 127. The summed E-state index contributed by atoms with van der Waals surface area (Å²) in [5.41, 5.74) is 2.34. The largest absolute Gasteiger partial charge is 0.490 e. The predicted molar refractivity (Wildman–Crippen MR) is 152 cm³/mol. The topological polar surface area (TPSA) is 97.4 Å². The molecule has 0 radical (unpaired) electrons. The third-order valence-electron chi connectivity index (χ3n) is 5.62. The molecule has 0 saturated carbocycles. The van der Waals surface area contributed by atoms with E-state index in [1.165, 1.54) is 0 Å². The number of amides is 3. The molecule has 37 heavy (non-hydrogen) atoms. The lowest BCUT2D eigenvalue weighted by Gasteiger charge is -2.28. The van der Waals surface area contributed by atoms with Gasteiger partial charge in [0.05, 0.1) is 34.9 Å². The van der Waals surface area contributed by atoms with Crippen LogP contribution in [0.2, 0.25) is 0 Å². The number of hydrogen-bond acceptors (Lipinski definition) is 8. The molecule has 0 atom stereocenters. The Morgan fingerprint density at radius 1 is 1.11 bits per heavy atom. The smallest absolute Gasteiger partial charge is 0.294 e. The van der Waals surface area contributed by atoms with Gasteiger partial charge in [-0.1, -0.05) is 0 Å². The molecule has 2 aliphatic heterocycles. The Morgan fingerprint density at radius 3 is 2.49 bits per heavy atom. The van der Waals surface area contributed by atoms with Crippen LogP contribution in [0, 0.1) is 3.57 Å². The van der Waals surface area contributed by atoms with Crippen LogP contribution in [0.3, 0.4) is 0 Å². The van der Waals surface area contributed by atoms with Gasteiger partial charge in [0, 0.05) is 24.5 Å². The average molecular weight is 637 g/mol. The van der Waals surface area contributed by atoms with Crippen molar-refractivity contribution in [3.63, 3.8) is 0 Å². The summed E-state index contributed by atoms with van der Waals surface area (Å²) >= 11 is 2.96. The number of hydrogen-bond donors (Lipinski definition) is 1. The van der Waals surface area contributed by atoms with Crippen LogP contribution in [-0.2, 0) is 14.3 Å². The number of carbonyl (C=O) groups excluding carboxylic acids is 3. The van der Waals surface area contributed by atoms with Crippen LogP contribution >= 0.6 is 34.4 Å². The number of anilines is 2. The van der Waals surface area contributed by atoms with Crippen LogP contribution in [0.1, 0.15) is 19.4 Å². The highest BCUT2D eigenvalue weighted by Crippen LogP contribution is 2.37. The quantitative estimate of drug-likeness (QED) is 0.315. The van der Waals surface area contributed by atoms with Crippen molar-refractivity contribution in [2.24, 2.45) is 0 Å². The summed E-state index contributed by atoms with van der Waals surface area (Å²) in [5.74, 6) is 0.261. The van der Waals surface area contributed by atoms with Gasteiger partial charge in [0.2, 0.25) is 5.91 Å². The molecule has 11 heteroatoms. The van der Waals surface area contributed by atoms with Gasteiger partial charge in [0.15, 0.2) is 11.5 Å². The zero-order valence-electron chi connectivity index (χ0n) is 20.6. The number of rotatable bonds is 9. The summed E-state index contributed by atoms with van der Waals surface area (Å²) in [6, 6.07) is 11.1. The molecule has 4 rings (SSSR count). The second kappa shape index (κ2) is 12.7. The molecule has 1 N–H and O–H groups in total. The second-order valence-electron chi connectivity index (χ2n) is 8.16. The van der Waals surface area contributed by atoms with E-state index in [0.29, 0.717) is 49.2 Å². The molecule has 2 fully saturated rings. The lowest BCUT2D eigenvalue weighted by Crippen LogP contribution is -2.36. The number of halogens is 1. The zero-order valence-corrected chi connectivity index (χ0v) is 23.6. The average Bonchev–Trinajstić information content (AvgIpc) is 3.14. The van der Waals surface area contributed by atoms with Crippen molar-refractivity contribution in [1.82, 2.24) is 4.90 Å². The number of carbonyl (C=O) groups is 3. The molecule has 2 aromatic carbocycles. The third-order valence-corrected chi connectivity index (χ3v) is 7.33. The van der Waals surface area contributed by atoms with Crippen molar-refractivity contribution < 1.29 is 28.6 Å².